The molecule has 0 fully saturated rings. The third-order valence-corrected chi connectivity index (χ3v) is 2.32. The lowest BCUT2D eigenvalue weighted by Gasteiger charge is -2.19. The van der Waals surface area contributed by atoms with Crippen LogP contribution in [-0.2, 0) is 11.0 Å². The van der Waals surface area contributed by atoms with Gasteiger partial charge in [0.2, 0.25) is 0 Å². The van der Waals surface area contributed by atoms with Crippen LogP contribution in [0.25, 0.3) is 0 Å². The molecule has 4 heteroatoms. The van der Waals surface area contributed by atoms with Crippen LogP contribution >= 0.6 is 0 Å². The zero-order valence-corrected chi connectivity index (χ0v) is 6.88. The molecule has 0 saturated carbocycles. The van der Waals surface area contributed by atoms with Crippen molar-refractivity contribution >= 4 is 11.0 Å². The lowest BCUT2D eigenvalue weighted by molar-refractivity contribution is 0.630. The Balaban J connectivity index is 2.86. The molecule has 0 aliphatic carbocycles. The van der Waals surface area contributed by atoms with E-state index in [0.29, 0.717) is 9.36 Å². The Hall–Kier alpha value is -0.710. The minimum absolute atomic E-state index is 0.426. The topological polar surface area (TPSA) is 43.4 Å². The first-order valence-electron chi connectivity index (χ1n) is 3.09. The summed E-state index contributed by atoms with van der Waals surface area (Å²) in [6.45, 7) is 0. The van der Waals surface area contributed by atoms with Gasteiger partial charge < -0.3 is 9.68 Å². The van der Waals surface area contributed by atoms with Gasteiger partial charge in [0.1, 0.15) is 11.0 Å². The summed E-state index contributed by atoms with van der Waals surface area (Å²) in [5.74, 6) is 0. The van der Waals surface area contributed by atoms with E-state index in [4.69, 9.17) is 0 Å². The zero-order chi connectivity index (χ0) is 8.27. The Labute approximate surface area is 67.8 Å². The van der Waals surface area contributed by atoms with Gasteiger partial charge in [-0.25, -0.2) is 4.21 Å². The Morgan fingerprint density at radius 3 is 2.36 bits per heavy atom. The van der Waals surface area contributed by atoms with E-state index in [0.717, 1.165) is 0 Å². The van der Waals surface area contributed by atoms with Crippen LogP contribution in [0, 0.1) is 5.21 Å². The van der Waals surface area contributed by atoms with Gasteiger partial charge in [-0.15, -0.1) is 0 Å². The lowest BCUT2D eigenvalue weighted by atomic mass is 10.4. The maximum absolute atomic E-state index is 11.1. The second-order valence-electron chi connectivity index (χ2n) is 2.00. The third kappa shape index (κ3) is 2.11. The van der Waals surface area contributed by atoms with Gasteiger partial charge in [-0.05, 0) is 19.2 Å². The summed E-state index contributed by atoms with van der Waals surface area (Å²) in [6, 6.07) is 8.62. The Bertz CT molecular complexity index is 248. The van der Waals surface area contributed by atoms with Gasteiger partial charge in [0.15, 0.2) is 0 Å². The predicted octanol–water partition coefficient (Wildman–Crippen LogP) is 1.14. The zero-order valence-electron chi connectivity index (χ0n) is 6.06. The molecule has 0 aliphatic rings. The van der Waals surface area contributed by atoms with Gasteiger partial charge in [0, 0.05) is 0 Å². The summed E-state index contributed by atoms with van der Waals surface area (Å²) in [4.78, 5) is 0.532. The minimum atomic E-state index is -1.56. The number of hydrogen-bond acceptors (Lipinski definition) is 2. The molecule has 1 rings (SSSR count). The summed E-state index contributed by atoms with van der Waals surface area (Å²) in [5, 5.41) is 10.6. The lowest BCUT2D eigenvalue weighted by Crippen LogP contribution is -2.12. The minimum Gasteiger partial charge on any atom is -0.774 e. The first kappa shape index (κ1) is 8.39. The summed E-state index contributed by atoms with van der Waals surface area (Å²) >= 11 is 0. The maximum Gasteiger partial charge on any atom is 0.115 e. The maximum atomic E-state index is 11.1. The number of rotatable bonds is 2. The van der Waals surface area contributed by atoms with Gasteiger partial charge in [0.05, 0.1) is 4.90 Å². The molecule has 0 aliphatic heterocycles. The van der Waals surface area contributed by atoms with E-state index in [9.17, 15) is 9.42 Å². The van der Waals surface area contributed by atoms with Crippen molar-refractivity contribution < 1.29 is 4.21 Å². The molecule has 1 aromatic carbocycles. The fourth-order valence-corrected chi connectivity index (χ4v) is 1.37. The highest BCUT2D eigenvalue weighted by Crippen LogP contribution is 2.06. The van der Waals surface area contributed by atoms with E-state index in [1.165, 1.54) is 7.05 Å². The summed E-state index contributed by atoms with van der Waals surface area (Å²) in [7, 11) is -0.318. The smallest absolute Gasteiger partial charge is 0.115 e. The van der Waals surface area contributed by atoms with E-state index < -0.39 is 11.0 Å². The molecular weight excluding hydrogens is 162 g/mol. The SMILES string of the molecule is CN([O-])S(=O)c1ccccc1. The molecule has 0 spiro atoms. The second-order valence-corrected chi connectivity index (χ2v) is 3.49. The molecule has 1 atom stereocenters. The highest BCUT2D eigenvalue weighted by molar-refractivity contribution is 7.82. The molecule has 0 saturated heterocycles. The Morgan fingerprint density at radius 2 is 1.91 bits per heavy atom. The van der Waals surface area contributed by atoms with Crippen LogP contribution in [0.3, 0.4) is 0 Å². The summed E-state index contributed by atoms with van der Waals surface area (Å²) in [5.41, 5.74) is 0. The first-order chi connectivity index (χ1) is 5.22. The average molecular weight is 170 g/mol. The van der Waals surface area contributed by atoms with E-state index in [1.54, 1.807) is 24.3 Å². The van der Waals surface area contributed by atoms with Gasteiger partial charge in [0.25, 0.3) is 0 Å². The van der Waals surface area contributed by atoms with E-state index in [2.05, 4.69) is 0 Å². The highest BCUT2D eigenvalue weighted by atomic mass is 32.2. The summed E-state index contributed by atoms with van der Waals surface area (Å²) in [6.07, 6.45) is 0. The van der Waals surface area contributed by atoms with Crippen molar-refractivity contribution in [3.63, 3.8) is 0 Å². The quantitative estimate of drug-likeness (QED) is 0.624. The molecule has 0 aromatic heterocycles. The van der Waals surface area contributed by atoms with Crippen molar-refractivity contribution in [2.75, 3.05) is 7.05 Å². The van der Waals surface area contributed by atoms with Crippen LogP contribution in [0.5, 0.6) is 0 Å². The number of hydroxylamine groups is 1. The van der Waals surface area contributed by atoms with Crippen molar-refractivity contribution in [2.24, 2.45) is 0 Å². The number of hydrogen-bond donors (Lipinski definition) is 0. The van der Waals surface area contributed by atoms with Crippen molar-refractivity contribution in [3.05, 3.63) is 35.5 Å². The standard InChI is InChI=1S/C7H8NO2S/c1-8(9)11(10)7-5-3-2-4-6-7/h2-6H,1H3/q-1. The molecule has 0 radical (unpaired) electrons. The van der Waals surface area contributed by atoms with Crippen molar-refractivity contribution in [2.45, 2.75) is 4.90 Å². The van der Waals surface area contributed by atoms with Crippen molar-refractivity contribution in [1.29, 1.82) is 0 Å². The molecule has 0 N–H and O–H groups in total. The number of benzene rings is 1. The van der Waals surface area contributed by atoms with Crippen LogP contribution in [0.15, 0.2) is 35.2 Å². The normalized spacial score (nSPS) is 13.4. The van der Waals surface area contributed by atoms with Gasteiger partial charge in [-0.1, -0.05) is 18.2 Å². The first-order valence-corrected chi connectivity index (χ1v) is 4.20. The molecule has 11 heavy (non-hydrogen) atoms. The van der Waals surface area contributed by atoms with Gasteiger partial charge in [-0.2, -0.15) is 0 Å². The van der Waals surface area contributed by atoms with Crippen LogP contribution in [0.1, 0.15) is 0 Å². The second kappa shape index (κ2) is 3.61. The van der Waals surface area contributed by atoms with Crippen molar-refractivity contribution in [3.8, 4) is 0 Å². The summed E-state index contributed by atoms with van der Waals surface area (Å²) < 4.78 is 11.5. The van der Waals surface area contributed by atoms with Crippen LogP contribution in [0.2, 0.25) is 0 Å². The fourth-order valence-electron chi connectivity index (χ4n) is 0.685. The van der Waals surface area contributed by atoms with E-state index in [1.807, 2.05) is 6.07 Å². The van der Waals surface area contributed by atoms with Crippen LogP contribution in [-0.4, -0.2) is 15.7 Å². The molecule has 0 bridgehead atoms. The molecule has 60 valence electrons. The predicted molar refractivity (Wildman–Crippen MR) is 44.0 cm³/mol. The van der Waals surface area contributed by atoms with Crippen LogP contribution < -0.4 is 0 Å². The fraction of sp³-hybridized carbons (Fsp3) is 0.143. The molecular formula is C7H8NO2S-. The van der Waals surface area contributed by atoms with Gasteiger partial charge >= 0.3 is 0 Å². The van der Waals surface area contributed by atoms with Crippen molar-refractivity contribution in [1.82, 2.24) is 4.47 Å². The molecule has 0 heterocycles. The molecule has 1 unspecified atom stereocenters. The monoisotopic (exact) mass is 170 g/mol. The van der Waals surface area contributed by atoms with E-state index >= 15 is 0 Å². The molecule has 1 aromatic rings. The Kier molecular flexibility index (Phi) is 2.76. The third-order valence-electron chi connectivity index (χ3n) is 1.18. The largest absolute Gasteiger partial charge is 0.774 e. The highest BCUT2D eigenvalue weighted by Gasteiger charge is 1.99. The molecule has 0 amide bonds. The van der Waals surface area contributed by atoms with Crippen LogP contribution in [0.4, 0.5) is 0 Å². The van der Waals surface area contributed by atoms with Gasteiger partial charge in [-0.3, -0.25) is 0 Å². The molecule has 3 nitrogen and oxygen atoms in total. The number of nitrogens with zero attached hydrogens (tertiary/aromatic N) is 1. The average Bonchev–Trinajstić information content (AvgIpc) is 2.05. The van der Waals surface area contributed by atoms with E-state index in [-0.39, 0.29) is 0 Å². The Morgan fingerprint density at radius 1 is 1.36 bits per heavy atom.